The molecule has 0 saturated carbocycles. The Morgan fingerprint density at radius 2 is 1.86 bits per heavy atom. The summed E-state index contributed by atoms with van der Waals surface area (Å²) in [5.41, 5.74) is 0.576. The van der Waals surface area contributed by atoms with Crippen LogP contribution in [0.25, 0.3) is 0 Å². The van der Waals surface area contributed by atoms with Gasteiger partial charge < -0.3 is 14.7 Å². The molecular weight excluding hydrogens is 266 g/mol. The highest BCUT2D eigenvalue weighted by atomic mass is 16.2. The Kier molecular flexibility index (Phi) is 5.50. The third-order valence-corrected chi connectivity index (χ3v) is 3.86. The Bertz CT molecular complexity index is 454. The van der Waals surface area contributed by atoms with E-state index >= 15 is 0 Å². The minimum absolute atomic E-state index is 0.0332. The van der Waals surface area contributed by atoms with Crippen LogP contribution < -0.4 is 4.90 Å². The number of amides is 1. The van der Waals surface area contributed by atoms with Crippen LogP contribution in [0, 0.1) is 0 Å². The van der Waals surface area contributed by atoms with Crippen molar-refractivity contribution in [1.29, 1.82) is 0 Å². The Morgan fingerprint density at radius 3 is 2.43 bits per heavy atom. The molecular formula is C15H25N5O. The molecule has 6 heteroatoms. The van der Waals surface area contributed by atoms with Crippen LogP contribution >= 0.6 is 0 Å². The molecule has 2 heterocycles. The van der Waals surface area contributed by atoms with Gasteiger partial charge in [0.05, 0.1) is 5.56 Å². The average Bonchev–Trinajstić information content (AvgIpc) is 2.53. The number of anilines is 1. The van der Waals surface area contributed by atoms with Crippen molar-refractivity contribution in [2.75, 3.05) is 51.7 Å². The number of carbonyl (C=O) groups is 1. The monoisotopic (exact) mass is 291 g/mol. The molecule has 1 saturated heterocycles. The molecule has 2 rings (SSSR count). The SMILES string of the molecule is CCCCN(C)c1ncc(C(=O)N2CCN(C)CC2)cn1. The van der Waals surface area contributed by atoms with Crippen LogP contribution in [0.3, 0.4) is 0 Å². The van der Waals surface area contributed by atoms with Crippen molar-refractivity contribution in [3.05, 3.63) is 18.0 Å². The van der Waals surface area contributed by atoms with Gasteiger partial charge in [0.25, 0.3) is 5.91 Å². The maximum atomic E-state index is 12.4. The molecule has 1 aliphatic heterocycles. The summed E-state index contributed by atoms with van der Waals surface area (Å²) in [5, 5.41) is 0. The summed E-state index contributed by atoms with van der Waals surface area (Å²) in [6.07, 6.45) is 5.54. The maximum absolute atomic E-state index is 12.4. The molecule has 0 radical (unpaired) electrons. The number of piperazine rings is 1. The van der Waals surface area contributed by atoms with Crippen molar-refractivity contribution < 1.29 is 4.79 Å². The summed E-state index contributed by atoms with van der Waals surface area (Å²) in [6, 6.07) is 0. The summed E-state index contributed by atoms with van der Waals surface area (Å²) in [6.45, 7) is 6.48. The lowest BCUT2D eigenvalue weighted by Crippen LogP contribution is -2.47. The van der Waals surface area contributed by atoms with Crippen molar-refractivity contribution in [3.8, 4) is 0 Å². The van der Waals surface area contributed by atoms with E-state index < -0.39 is 0 Å². The van der Waals surface area contributed by atoms with Gasteiger partial charge in [-0.2, -0.15) is 0 Å². The van der Waals surface area contributed by atoms with Crippen molar-refractivity contribution in [1.82, 2.24) is 19.8 Å². The molecule has 1 aromatic heterocycles. The predicted molar refractivity (Wildman–Crippen MR) is 83.6 cm³/mol. The van der Waals surface area contributed by atoms with Crippen molar-refractivity contribution in [2.45, 2.75) is 19.8 Å². The van der Waals surface area contributed by atoms with E-state index in [-0.39, 0.29) is 5.91 Å². The molecule has 0 unspecified atom stereocenters. The highest BCUT2D eigenvalue weighted by molar-refractivity contribution is 5.93. The van der Waals surface area contributed by atoms with E-state index in [9.17, 15) is 4.79 Å². The van der Waals surface area contributed by atoms with E-state index in [4.69, 9.17) is 0 Å². The van der Waals surface area contributed by atoms with Crippen LogP contribution in [-0.2, 0) is 0 Å². The first-order valence-electron chi connectivity index (χ1n) is 7.62. The van der Waals surface area contributed by atoms with E-state index in [0.29, 0.717) is 11.5 Å². The number of unbranched alkanes of at least 4 members (excludes halogenated alkanes) is 1. The molecule has 1 aliphatic rings. The standard InChI is InChI=1S/C15H25N5O/c1-4-5-6-19(3)15-16-11-13(12-17-15)14(21)20-9-7-18(2)8-10-20/h11-12H,4-10H2,1-3H3. The van der Waals surface area contributed by atoms with Gasteiger partial charge in [-0.1, -0.05) is 13.3 Å². The third kappa shape index (κ3) is 4.14. The van der Waals surface area contributed by atoms with Crippen molar-refractivity contribution in [3.63, 3.8) is 0 Å². The van der Waals surface area contributed by atoms with E-state index in [2.05, 4.69) is 28.8 Å². The zero-order valence-electron chi connectivity index (χ0n) is 13.2. The summed E-state index contributed by atoms with van der Waals surface area (Å²) < 4.78 is 0. The van der Waals surface area contributed by atoms with Crippen LogP contribution in [0.2, 0.25) is 0 Å². The van der Waals surface area contributed by atoms with Crippen LogP contribution in [0.4, 0.5) is 5.95 Å². The first-order valence-corrected chi connectivity index (χ1v) is 7.62. The Balaban J connectivity index is 1.96. The first kappa shape index (κ1) is 15.7. The number of carbonyl (C=O) groups excluding carboxylic acids is 1. The molecule has 0 N–H and O–H groups in total. The maximum Gasteiger partial charge on any atom is 0.257 e. The van der Waals surface area contributed by atoms with Gasteiger partial charge in [-0.05, 0) is 13.5 Å². The minimum atomic E-state index is 0.0332. The topological polar surface area (TPSA) is 52.6 Å². The minimum Gasteiger partial charge on any atom is -0.344 e. The lowest BCUT2D eigenvalue weighted by molar-refractivity contribution is 0.0663. The highest BCUT2D eigenvalue weighted by Crippen LogP contribution is 2.10. The molecule has 0 spiro atoms. The molecule has 0 bridgehead atoms. The number of aromatic nitrogens is 2. The second-order valence-electron chi connectivity index (χ2n) is 5.64. The van der Waals surface area contributed by atoms with Crippen LogP contribution in [0.15, 0.2) is 12.4 Å². The molecule has 1 aromatic rings. The van der Waals surface area contributed by atoms with E-state index in [1.54, 1.807) is 12.4 Å². The molecule has 0 aliphatic carbocycles. The fraction of sp³-hybridized carbons (Fsp3) is 0.667. The van der Waals surface area contributed by atoms with Gasteiger partial charge in [-0.3, -0.25) is 4.79 Å². The number of rotatable bonds is 5. The van der Waals surface area contributed by atoms with Crippen LogP contribution in [-0.4, -0.2) is 72.5 Å². The van der Waals surface area contributed by atoms with Gasteiger partial charge >= 0.3 is 0 Å². The number of hydrogen-bond donors (Lipinski definition) is 0. The fourth-order valence-electron chi connectivity index (χ4n) is 2.32. The highest BCUT2D eigenvalue weighted by Gasteiger charge is 2.21. The molecule has 0 atom stereocenters. The normalized spacial score (nSPS) is 16.0. The number of likely N-dealkylation sites (N-methyl/N-ethyl adjacent to an activating group) is 1. The third-order valence-electron chi connectivity index (χ3n) is 3.86. The zero-order chi connectivity index (χ0) is 15.2. The Hall–Kier alpha value is -1.69. The first-order chi connectivity index (χ1) is 10.1. The molecule has 0 aromatic carbocycles. The largest absolute Gasteiger partial charge is 0.344 e. The molecule has 1 amide bonds. The van der Waals surface area contributed by atoms with E-state index in [1.165, 1.54) is 0 Å². The number of nitrogens with zero attached hydrogens (tertiary/aromatic N) is 5. The van der Waals surface area contributed by atoms with Crippen molar-refractivity contribution in [2.24, 2.45) is 0 Å². The summed E-state index contributed by atoms with van der Waals surface area (Å²) in [7, 11) is 4.05. The average molecular weight is 291 g/mol. The van der Waals surface area contributed by atoms with Crippen LogP contribution in [0.1, 0.15) is 30.1 Å². The van der Waals surface area contributed by atoms with Gasteiger partial charge in [0.15, 0.2) is 0 Å². The summed E-state index contributed by atoms with van der Waals surface area (Å²) >= 11 is 0. The van der Waals surface area contributed by atoms with E-state index in [1.807, 2.05) is 16.8 Å². The fourth-order valence-corrected chi connectivity index (χ4v) is 2.32. The Labute approximate surface area is 126 Å². The second kappa shape index (κ2) is 7.36. The van der Waals surface area contributed by atoms with E-state index in [0.717, 1.165) is 45.6 Å². The predicted octanol–water partition coefficient (Wildman–Crippen LogP) is 1.10. The second-order valence-corrected chi connectivity index (χ2v) is 5.64. The lowest BCUT2D eigenvalue weighted by Gasteiger charge is -2.32. The summed E-state index contributed by atoms with van der Waals surface area (Å²) in [4.78, 5) is 27.1. The molecule has 21 heavy (non-hydrogen) atoms. The van der Waals surface area contributed by atoms with Gasteiger partial charge in [0.2, 0.25) is 5.95 Å². The molecule has 1 fully saturated rings. The van der Waals surface area contributed by atoms with Gasteiger partial charge in [0.1, 0.15) is 0 Å². The smallest absolute Gasteiger partial charge is 0.257 e. The van der Waals surface area contributed by atoms with Crippen molar-refractivity contribution >= 4 is 11.9 Å². The van der Waals surface area contributed by atoms with Gasteiger partial charge in [0, 0.05) is 52.2 Å². The lowest BCUT2D eigenvalue weighted by atomic mass is 10.2. The van der Waals surface area contributed by atoms with Gasteiger partial charge in [-0.25, -0.2) is 9.97 Å². The number of hydrogen-bond acceptors (Lipinski definition) is 5. The quantitative estimate of drug-likeness (QED) is 0.813. The summed E-state index contributed by atoms with van der Waals surface area (Å²) in [5.74, 6) is 0.712. The van der Waals surface area contributed by atoms with Gasteiger partial charge in [-0.15, -0.1) is 0 Å². The zero-order valence-corrected chi connectivity index (χ0v) is 13.2. The van der Waals surface area contributed by atoms with Crippen LogP contribution in [0.5, 0.6) is 0 Å². The molecule has 116 valence electrons. The molecule has 6 nitrogen and oxygen atoms in total. The Morgan fingerprint density at radius 1 is 1.24 bits per heavy atom.